The van der Waals surface area contributed by atoms with E-state index in [2.05, 4.69) is 15.4 Å². The number of pyridine rings is 1. The van der Waals surface area contributed by atoms with Crippen molar-refractivity contribution in [2.45, 2.75) is 34.1 Å². The molecule has 1 amide bonds. The van der Waals surface area contributed by atoms with Gasteiger partial charge in [-0.3, -0.25) is 9.48 Å². The molecule has 0 aliphatic rings. The molecule has 0 saturated carbocycles. The minimum Gasteiger partial charge on any atom is -0.477 e. The van der Waals surface area contributed by atoms with Crippen LogP contribution >= 0.6 is 0 Å². The molecule has 2 aromatic heterocycles. The third-order valence-electron chi connectivity index (χ3n) is 3.84. The maximum atomic E-state index is 12.4. The fraction of sp³-hybridized carbons (Fsp3) is 0.471. The van der Waals surface area contributed by atoms with Gasteiger partial charge < -0.3 is 10.1 Å². The number of carbonyl (C=O) groups excluding carboxylic acids is 1. The molecule has 0 bridgehead atoms. The molecule has 0 fully saturated rings. The van der Waals surface area contributed by atoms with Crippen LogP contribution in [0.5, 0.6) is 5.88 Å². The van der Waals surface area contributed by atoms with Crippen LogP contribution < -0.4 is 10.1 Å². The molecule has 0 atom stereocenters. The number of hydrogen-bond donors (Lipinski definition) is 1. The predicted octanol–water partition coefficient (Wildman–Crippen LogP) is 2.11. The lowest BCUT2D eigenvalue weighted by Gasteiger charge is -2.10. The number of aryl methyl sites for hydroxylation is 3. The van der Waals surface area contributed by atoms with Crippen LogP contribution in [-0.4, -0.2) is 33.8 Å². The summed E-state index contributed by atoms with van der Waals surface area (Å²) in [6.07, 6.45) is 0.751. The molecule has 2 aromatic rings. The lowest BCUT2D eigenvalue weighted by molar-refractivity contribution is 0.0949. The number of aromatic nitrogens is 3. The van der Waals surface area contributed by atoms with E-state index in [1.54, 1.807) is 6.07 Å². The van der Waals surface area contributed by atoms with Crippen molar-refractivity contribution in [3.8, 4) is 5.88 Å². The summed E-state index contributed by atoms with van der Waals surface area (Å²) in [5.74, 6) is 0.221. The Bertz CT molecular complexity index is 707. The van der Waals surface area contributed by atoms with Crippen molar-refractivity contribution in [2.24, 2.45) is 7.05 Å². The largest absolute Gasteiger partial charge is 0.477 e. The van der Waals surface area contributed by atoms with E-state index in [4.69, 9.17) is 4.74 Å². The molecule has 2 rings (SSSR count). The zero-order valence-corrected chi connectivity index (χ0v) is 14.4. The molecule has 0 saturated heterocycles. The molecule has 23 heavy (non-hydrogen) atoms. The SMILES string of the molecule is CCOc1nc(C)ccc1C(=O)NCCc1c(C)nn(C)c1C. The monoisotopic (exact) mass is 316 g/mol. The first-order chi connectivity index (χ1) is 10.9. The van der Waals surface area contributed by atoms with Crippen molar-refractivity contribution in [1.82, 2.24) is 20.1 Å². The number of amides is 1. The first-order valence-electron chi connectivity index (χ1n) is 7.81. The second-order valence-electron chi connectivity index (χ2n) is 5.52. The standard InChI is InChI=1S/C17H24N4O2/c1-6-23-17-15(8-7-11(2)19-17)16(22)18-10-9-14-12(3)20-21(5)13(14)4/h7-8H,6,9-10H2,1-5H3,(H,18,22). The highest BCUT2D eigenvalue weighted by molar-refractivity contribution is 5.96. The summed E-state index contributed by atoms with van der Waals surface area (Å²) in [5, 5.41) is 7.32. The lowest BCUT2D eigenvalue weighted by Crippen LogP contribution is -2.26. The Labute approximate surface area is 136 Å². The number of carbonyl (C=O) groups is 1. The van der Waals surface area contributed by atoms with Crippen molar-refractivity contribution < 1.29 is 9.53 Å². The topological polar surface area (TPSA) is 69.0 Å². The van der Waals surface area contributed by atoms with Gasteiger partial charge in [-0.1, -0.05) is 0 Å². The van der Waals surface area contributed by atoms with E-state index in [9.17, 15) is 4.79 Å². The quantitative estimate of drug-likeness (QED) is 0.886. The minimum absolute atomic E-state index is 0.167. The molecular weight excluding hydrogens is 292 g/mol. The van der Waals surface area contributed by atoms with Gasteiger partial charge in [-0.2, -0.15) is 5.10 Å². The number of ether oxygens (including phenoxy) is 1. The molecular formula is C17H24N4O2. The van der Waals surface area contributed by atoms with Crippen LogP contribution in [0.4, 0.5) is 0 Å². The van der Waals surface area contributed by atoms with Crippen molar-refractivity contribution >= 4 is 5.91 Å². The third-order valence-corrected chi connectivity index (χ3v) is 3.84. The van der Waals surface area contributed by atoms with Gasteiger partial charge in [0.25, 0.3) is 5.91 Å². The summed E-state index contributed by atoms with van der Waals surface area (Å²) in [6, 6.07) is 3.57. The van der Waals surface area contributed by atoms with Gasteiger partial charge in [0.15, 0.2) is 0 Å². The van der Waals surface area contributed by atoms with Crippen molar-refractivity contribution in [2.75, 3.05) is 13.2 Å². The molecule has 6 heteroatoms. The van der Waals surface area contributed by atoms with Crippen LogP contribution in [-0.2, 0) is 13.5 Å². The molecule has 0 aliphatic heterocycles. The van der Waals surface area contributed by atoms with Crippen molar-refractivity contribution in [1.29, 1.82) is 0 Å². The normalized spacial score (nSPS) is 10.7. The van der Waals surface area contributed by atoms with E-state index in [1.165, 1.54) is 5.56 Å². The Kier molecular flexibility index (Phi) is 5.36. The molecule has 6 nitrogen and oxygen atoms in total. The second kappa shape index (κ2) is 7.26. The van der Waals surface area contributed by atoms with Gasteiger partial charge in [0.05, 0.1) is 12.3 Å². The zero-order chi connectivity index (χ0) is 17.0. The molecule has 2 heterocycles. The summed E-state index contributed by atoms with van der Waals surface area (Å²) < 4.78 is 7.32. The highest BCUT2D eigenvalue weighted by atomic mass is 16.5. The van der Waals surface area contributed by atoms with Crippen LogP contribution in [0.3, 0.4) is 0 Å². The average Bonchev–Trinajstić information content (AvgIpc) is 2.74. The van der Waals surface area contributed by atoms with Crippen LogP contribution in [0.25, 0.3) is 0 Å². The molecule has 0 unspecified atom stereocenters. The fourth-order valence-electron chi connectivity index (χ4n) is 2.53. The van der Waals surface area contributed by atoms with Crippen molar-refractivity contribution in [3.05, 3.63) is 40.3 Å². The van der Waals surface area contributed by atoms with Gasteiger partial charge in [0.1, 0.15) is 5.56 Å². The van der Waals surface area contributed by atoms with Gasteiger partial charge in [0.2, 0.25) is 5.88 Å². The number of nitrogens with one attached hydrogen (secondary N) is 1. The highest BCUT2D eigenvalue weighted by Gasteiger charge is 2.15. The van der Waals surface area contributed by atoms with Gasteiger partial charge in [0, 0.05) is 25.0 Å². The molecule has 0 spiro atoms. The van der Waals surface area contributed by atoms with E-state index in [1.807, 2.05) is 45.5 Å². The summed E-state index contributed by atoms with van der Waals surface area (Å²) >= 11 is 0. The molecule has 124 valence electrons. The average molecular weight is 316 g/mol. The van der Waals surface area contributed by atoms with Gasteiger partial charge in [-0.05, 0) is 51.8 Å². The van der Waals surface area contributed by atoms with Crippen molar-refractivity contribution in [3.63, 3.8) is 0 Å². The van der Waals surface area contributed by atoms with E-state index < -0.39 is 0 Å². The number of nitrogens with zero attached hydrogens (tertiary/aromatic N) is 3. The Morgan fingerprint density at radius 3 is 2.65 bits per heavy atom. The van der Waals surface area contributed by atoms with E-state index in [0.29, 0.717) is 24.6 Å². The second-order valence-corrected chi connectivity index (χ2v) is 5.52. The van der Waals surface area contributed by atoms with Gasteiger partial charge in [-0.15, -0.1) is 0 Å². The number of rotatable bonds is 6. The highest BCUT2D eigenvalue weighted by Crippen LogP contribution is 2.16. The Morgan fingerprint density at radius 2 is 2.04 bits per heavy atom. The van der Waals surface area contributed by atoms with E-state index in [0.717, 1.165) is 23.5 Å². The summed E-state index contributed by atoms with van der Waals surface area (Å²) in [7, 11) is 1.93. The minimum atomic E-state index is -0.167. The van der Waals surface area contributed by atoms with Crippen LogP contribution in [0.1, 0.15) is 39.9 Å². The van der Waals surface area contributed by atoms with Crippen LogP contribution in [0.2, 0.25) is 0 Å². The number of hydrogen-bond acceptors (Lipinski definition) is 4. The maximum absolute atomic E-state index is 12.4. The summed E-state index contributed by atoms with van der Waals surface area (Å²) in [6.45, 7) is 8.80. The summed E-state index contributed by atoms with van der Waals surface area (Å²) in [4.78, 5) is 16.7. The van der Waals surface area contributed by atoms with Crippen LogP contribution in [0, 0.1) is 20.8 Å². The van der Waals surface area contributed by atoms with Crippen LogP contribution in [0.15, 0.2) is 12.1 Å². The molecule has 1 N–H and O–H groups in total. The fourth-order valence-corrected chi connectivity index (χ4v) is 2.53. The Hall–Kier alpha value is -2.37. The first-order valence-corrected chi connectivity index (χ1v) is 7.81. The smallest absolute Gasteiger partial charge is 0.256 e. The van der Waals surface area contributed by atoms with Gasteiger partial charge in [-0.25, -0.2) is 4.98 Å². The molecule has 0 aromatic carbocycles. The Balaban J connectivity index is 2.02. The third kappa shape index (κ3) is 3.88. The molecule has 0 radical (unpaired) electrons. The zero-order valence-electron chi connectivity index (χ0n) is 14.4. The molecule has 0 aliphatic carbocycles. The van der Waals surface area contributed by atoms with E-state index >= 15 is 0 Å². The summed E-state index contributed by atoms with van der Waals surface area (Å²) in [5.41, 5.74) is 4.61. The Morgan fingerprint density at radius 1 is 1.30 bits per heavy atom. The van der Waals surface area contributed by atoms with Gasteiger partial charge >= 0.3 is 0 Å². The first kappa shape index (κ1) is 17.0. The lowest BCUT2D eigenvalue weighted by atomic mass is 10.1. The maximum Gasteiger partial charge on any atom is 0.256 e. The predicted molar refractivity (Wildman–Crippen MR) is 88.9 cm³/mol. The van der Waals surface area contributed by atoms with E-state index in [-0.39, 0.29) is 5.91 Å².